The van der Waals surface area contributed by atoms with Gasteiger partial charge in [0, 0.05) is 6.20 Å². The van der Waals surface area contributed by atoms with E-state index in [-0.39, 0.29) is 34.5 Å². The molecule has 0 spiro atoms. The van der Waals surface area contributed by atoms with E-state index in [0.29, 0.717) is 22.8 Å². The number of nitrogens with two attached hydrogens (primary N) is 1. The highest BCUT2D eigenvalue weighted by Gasteiger charge is 2.26. The minimum atomic E-state index is -0.696. The number of benzene rings is 1. The molecule has 3 N–H and O–H groups in total. The standard InChI is InChI=1S/C21H21ClN4O5S/c1-3-10-30-21(29)16-12(2)17(18(23)27)32-20(16)24-19(28)14-8-9-26(25-14)11-31-15-7-5-4-6-13(15)22/h4-9H,3,10-11H2,1-2H3,(H2,23,27)(H,24,28). The minimum absolute atomic E-state index is 0.0372. The summed E-state index contributed by atoms with van der Waals surface area (Å²) in [4.78, 5) is 37.1. The van der Waals surface area contributed by atoms with E-state index in [9.17, 15) is 14.4 Å². The fraction of sp³-hybridized carbons (Fsp3) is 0.238. The van der Waals surface area contributed by atoms with Gasteiger partial charge in [0.1, 0.15) is 10.8 Å². The van der Waals surface area contributed by atoms with Crippen LogP contribution in [0.15, 0.2) is 36.5 Å². The molecule has 0 fully saturated rings. The van der Waals surface area contributed by atoms with Crippen molar-refractivity contribution in [2.24, 2.45) is 5.73 Å². The molecule has 0 radical (unpaired) electrons. The average Bonchev–Trinajstić information content (AvgIpc) is 3.36. The van der Waals surface area contributed by atoms with E-state index in [0.717, 1.165) is 11.3 Å². The van der Waals surface area contributed by atoms with Crippen molar-refractivity contribution in [1.82, 2.24) is 9.78 Å². The van der Waals surface area contributed by atoms with Crippen molar-refractivity contribution in [3.05, 3.63) is 63.2 Å². The van der Waals surface area contributed by atoms with E-state index >= 15 is 0 Å². The molecule has 2 heterocycles. The topological polar surface area (TPSA) is 126 Å². The van der Waals surface area contributed by atoms with E-state index in [1.54, 1.807) is 37.4 Å². The lowest BCUT2D eigenvalue weighted by atomic mass is 10.1. The van der Waals surface area contributed by atoms with Gasteiger partial charge in [-0.2, -0.15) is 5.10 Å². The van der Waals surface area contributed by atoms with Crippen molar-refractivity contribution in [2.75, 3.05) is 11.9 Å². The zero-order valence-electron chi connectivity index (χ0n) is 17.4. The summed E-state index contributed by atoms with van der Waals surface area (Å²) >= 11 is 6.97. The second-order valence-corrected chi connectivity index (χ2v) is 8.09. The van der Waals surface area contributed by atoms with Crippen LogP contribution in [0.5, 0.6) is 5.75 Å². The van der Waals surface area contributed by atoms with Crippen molar-refractivity contribution in [3.63, 3.8) is 0 Å². The molecule has 3 aromatic rings. The van der Waals surface area contributed by atoms with Crippen LogP contribution in [-0.4, -0.2) is 34.2 Å². The Morgan fingerprint density at radius 1 is 1.25 bits per heavy atom. The number of aromatic nitrogens is 2. The Kier molecular flexibility index (Phi) is 7.49. The SMILES string of the molecule is CCCOC(=O)c1c(NC(=O)c2ccn(COc3ccccc3Cl)n2)sc(C(N)=O)c1C. The predicted octanol–water partition coefficient (Wildman–Crippen LogP) is 3.86. The molecule has 0 unspecified atom stereocenters. The summed E-state index contributed by atoms with van der Waals surface area (Å²) in [6, 6.07) is 8.48. The van der Waals surface area contributed by atoms with Crippen LogP contribution in [0.2, 0.25) is 5.02 Å². The van der Waals surface area contributed by atoms with Crippen molar-refractivity contribution in [3.8, 4) is 5.75 Å². The smallest absolute Gasteiger partial charge is 0.341 e. The predicted molar refractivity (Wildman–Crippen MR) is 120 cm³/mol. The van der Waals surface area contributed by atoms with Crippen LogP contribution >= 0.6 is 22.9 Å². The number of nitrogens with one attached hydrogen (secondary N) is 1. The molecule has 1 aromatic carbocycles. The Morgan fingerprint density at radius 2 is 2.00 bits per heavy atom. The van der Waals surface area contributed by atoms with Crippen LogP contribution in [0.3, 0.4) is 0 Å². The van der Waals surface area contributed by atoms with Crippen molar-refractivity contribution >= 4 is 45.7 Å². The number of carbonyl (C=O) groups excluding carboxylic acids is 3. The Morgan fingerprint density at radius 3 is 2.69 bits per heavy atom. The molecule has 0 bridgehead atoms. The maximum atomic E-state index is 12.7. The number of ether oxygens (including phenoxy) is 2. The van der Waals surface area contributed by atoms with Gasteiger partial charge >= 0.3 is 5.97 Å². The number of rotatable bonds is 9. The summed E-state index contributed by atoms with van der Waals surface area (Å²) in [7, 11) is 0. The number of para-hydroxylation sites is 1. The third-order valence-corrected chi connectivity index (χ3v) is 5.84. The van der Waals surface area contributed by atoms with Gasteiger partial charge in [0.05, 0.1) is 22.1 Å². The van der Waals surface area contributed by atoms with Crippen LogP contribution in [0.1, 0.15) is 49.4 Å². The number of carbonyl (C=O) groups is 3. The second kappa shape index (κ2) is 10.3. The van der Waals surface area contributed by atoms with Crippen LogP contribution < -0.4 is 15.8 Å². The lowest BCUT2D eigenvalue weighted by molar-refractivity contribution is 0.0506. The third kappa shape index (κ3) is 5.27. The fourth-order valence-electron chi connectivity index (χ4n) is 2.77. The highest BCUT2D eigenvalue weighted by molar-refractivity contribution is 7.18. The van der Waals surface area contributed by atoms with E-state index in [4.69, 9.17) is 26.8 Å². The Labute approximate surface area is 193 Å². The monoisotopic (exact) mass is 476 g/mol. The fourth-order valence-corrected chi connectivity index (χ4v) is 4.00. The lowest BCUT2D eigenvalue weighted by Gasteiger charge is -2.08. The maximum Gasteiger partial charge on any atom is 0.341 e. The van der Waals surface area contributed by atoms with Crippen LogP contribution in [0, 0.1) is 6.92 Å². The van der Waals surface area contributed by atoms with E-state index in [1.165, 1.54) is 10.7 Å². The van der Waals surface area contributed by atoms with Gasteiger partial charge in [-0.05, 0) is 37.1 Å². The zero-order valence-corrected chi connectivity index (χ0v) is 19.0. The highest BCUT2D eigenvalue weighted by atomic mass is 35.5. The lowest BCUT2D eigenvalue weighted by Crippen LogP contribution is -2.16. The molecule has 168 valence electrons. The first-order valence-electron chi connectivity index (χ1n) is 9.64. The number of anilines is 1. The quantitative estimate of drug-likeness (QED) is 0.451. The summed E-state index contributed by atoms with van der Waals surface area (Å²) in [5, 5.41) is 7.43. The molecule has 0 saturated carbocycles. The van der Waals surface area contributed by atoms with Crippen LogP contribution in [-0.2, 0) is 11.5 Å². The maximum absolute atomic E-state index is 12.7. The largest absolute Gasteiger partial charge is 0.470 e. The molecule has 32 heavy (non-hydrogen) atoms. The van der Waals surface area contributed by atoms with Gasteiger partial charge in [-0.3, -0.25) is 9.59 Å². The zero-order chi connectivity index (χ0) is 23.3. The molecule has 0 aliphatic carbocycles. The second-order valence-electron chi connectivity index (χ2n) is 6.66. The van der Waals surface area contributed by atoms with E-state index < -0.39 is 17.8 Å². The summed E-state index contributed by atoms with van der Waals surface area (Å²) in [6.07, 6.45) is 2.20. The molecule has 0 aliphatic heterocycles. The summed E-state index contributed by atoms with van der Waals surface area (Å²) in [5.74, 6) is -1.41. The van der Waals surface area contributed by atoms with Gasteiger partial charge in [-0.15, -0.1) is 11.3 Å². The average molecular weight is 477 g/mol. The van der Waals surface area contributed by atoms with Gasteiger partial charge in [0.25, 0.3) is 11.8 Å². The Bertz CT molecular complexity index is 1160. The molecule has 2 amide bonds. The molecular formula is C21H21ClN4O5S. The Hall–Kier alpha value is -3.37. The number of esters is 1. The Balaban J connectivity index is 1.75. The summed E-state index contributed by atoms with van der Waals surface area (Å²) in [6.45, 7) is 3.69. The number of halogens is 1. The van der Waals surface area contributed by atoms with Gasteiger partial charge < -0.3 is 20.5 Å². The van der Waals surface area contributed by atoms with Crippen molar-refractivity contribution < 1.29 is 23.9 Å². The summed E-state index contributed by atoms with van der Waals surface area (Å²) in [5.41, 5.74) is 5.95. The third-order valence-electron chi connectivity index (χ3n) is 4.30. The van der Waals surface area contributed by atoms with Crippen molar-refractivity contribution in [1.29, 1.82) is 0 Å². The number of primary amides is 1. The van der Waals surface area contributed by atoms with Crippen LogP contribution in [0.4, 0.5) is 5.00 Å². The number of amides is 2. The molecule has 2 aromatic heterocycles. The molecule has 11 heteroatoms. The highest BCUT2D eigenvalue weighted by Crippen LogP contribution is 2.34. The number of hydrogen-bond acceptors (Lipinski definition) is 7. The van der Waals surface area contributed by atoms with Gasteiger partial charge in [-0.1, -0.05) is 30.7 Å². The first-order chi connectivity index (χ1) is 15.3. The van der Waals surface area contributed by atoms with E-state index in [2.05, 4.69) is 10.4 Å². The molecule has 3 rings (SSSR count). The molecule has 9 nitrogen and oxygen atoms in total. The van der Waals surface area contributed by atoms with Gasteiger partial charge in [0.2, 0.25) is 0 Å². The van der Waals surface area contributed by atoms with Gasteiger partial charge in [-0.25, -0.2) is 9.48 Å². The molecular weight excluding hydrogens is 456 g/mol. The number of hydrogen-bond donors (Lipinski definition) is 2. The molecule has 0 aliphatic rings. The molecule has 0 saturated heterocycles. The summed E-state index contributed by atoms with van der Waals surface area (Å²) < 4.78 is 12.2. The number of nitrogens with zero attached hydrogens (tertiary/aromatic N) is 2. The number of thiophene rings is 1. The first-order valence-corrected chi connectivity index (χ1v) is 10.8. The van der Waals surface area contributed by atoms with Crippen LogP contribution in [0.25, 0.3) is 0 Å². The normalized spacial score (nSPS) is 10.6. The van der Waals surface area contributed by atoms with E-state index in [1.807, 2.05) is 6.92 Å². The van der Waals surface area contributed by atoms with Gasteiger partial charge in [0.15, 0.2) is 12.4 Å². The first kappa shape index (κ1) is 23.3. The molecule has 0 atom stereocenters. The minimum Gasteiger partial charge on any atom is -0.470 e. The van der Waals surface area contributed by atoms with Crippen molar-refractivity contribution in [2.45, 2.75) is 27.0 Å².